The number of fused-ring (bicyclic) bond motifs is 3. The number of alkyl halides is 3. The molecular formula is C27H26F3N3O6S2. The fourth-order valence-corrected chi connectivity index (χ4v) is 7.83. The van der Waals surface area contributed by atoms with Gasteiger partial charge in [0.05, 0.1) is 27.1 Å². The van der Waals surface area contributed by atoms with Crippen LogP contribution in [-0.2, 0) is 35.3 Å². The number of benzene rings is 3. The van der Waals surface area contributed by atoms with Crippen LogP contribution in [0.25, 0.3) is 11.1 Å². The highest BCUT2D eigenvalue weighted by Crippen LogP contribution is 2.45. The van der Waals surface area contributed by atoms with Gasteiger partial charge in [0.25, 0.3) is 20.1 Å². The van der Waals surface area contributed by atoms with Crippen molar-refractivity contribution in [1.82, 2.24) is 5.32 Å². The lowest BCUT2D eigenvalue weighted by Gasteiger charge is -2.33. The molecule has 14 heteroatoms. The molecule has 218 valence electrons. The highest BCUT2D eigenvalue weighted by Gasteiger charge is 2.39. The lowest BCUT2D eigenvalue weighted by molar-refractivity contribution is -0.137. The van der Waals surface area contributed by atoms with Gasteiger partial charge in [0, 0.05) is 22.9 Å². The number of rotatable bonds is 6. The summed E-state index contributed by atoms with van der Waals surface area (Å²) in [6.45, 7) is -0.642. The van der Waals surface area contributed by atoms with Crippen LogP contribution >= 0.6 is 0 Å². The van der Waals surface area contributed by atoms with Gasteiger partial charge in [-0.2, -0.15) is 21.6 Å². The molecule has 3 N–H and O–H groups in total. The summed E-state index contributed by atoms with van der Waals surface area (Å²) in [6.07, 6.45) is -3.81. The van der Waals surface area contributed by atoms with Crippen molar-refractivity contribution in [2.45, 2.75) is 53.8 Å². The molecule has 3 aromatic rings. The summed E-state index contributed by atoms with van der Waals surface area (Å²) in [5.74, 6) is -0.641. The van der Waals surface area contributed by atoms with Crippen LogP contribution in [0.1, 0.15) is 31.2 Å². The minimum absolute atomic E-state index is 0.0194. The first-order valence-corrected chi connectivity index (χ1v) is 15.5. The molecule has 3 aromatic carbocycles. The molecule has 0 unspecified atom stereocenters. The van der Waals surface area contributed by atoms with E-state index in [1.54, 1.807) is 0 Å². The van der Waals surface area contributed by atoms with E-state index in [1.165, 1.54) is 48.5 Å². The van der Waals surface area contributed by atoms with Crippen molar-refractivity contribution in [2.75, 3.05) is 16.6 Å². The minimum Gasteiger partial charge on any atom is -0.399 e. The van der Waals surface area contributed by atoms with E-state index in [1.807, 2.05) is 0 Å². The Morgan fingerprint density at radius 1 is 0.976 bits per heavy atom. The zero-order valence-corrected chi connectivity index (χ0v) is 23.1. The summed E-state index contributed by atoms with van der Waals surface area (Å²) in [5, 5.41) is 2.77. The number of nitrogens with one attached hydrogen (secondary N) is 1. The van der Waals surface area contributed by atoms with Crippen molar-refractivity contribution in [2.24, 2.45) is 0 Å². The van der Waals surface area contributed by atoms with E-state index in [9.17, 15) is 34.8 Å². The first-order valence-electron chi connectivity index (χ1n) is 12.7. The van der Waals surface area contributed by atoms with Crippen LogP contribution in [0.4, 0.5) is 24.5 Å². The normalized spacial score (nSPS) is 20.1. The Morgan fingerprint density at radius 3 is 2.29 bits per heavy atom. The highest BCUT2D eigenvalue weighted by molar-refractivity contribution is 7.93. The SMILES string of the molecule is Nc1ccc(S(=O)(=O)OC2CCC(NC(=O)CN3c4ccc(C(F)(F)F)cc4-c4ccccc4S3(=O)=O)CC2)cc1. The predicted octanol–water partition coefficient (Wildman–Crippen LogP) is 4.30. The summed E-state index contributed by atoms with van der Waals surface area (Å²) in [5.41, 5.74) is 5.22. The standard InChI is InChI=1S/C27H26F3N3O6S2/c28-27(29,30)17-5-14-24-23(15-17)22-3-1-2-4-25(22)40(35,36)33(24)16-26(34)32-19-8-10-20(11-9-19)39-41(37,38)21-12-6-18(31)7-13-21/h1-7,12-15,19-20H,8-11,16,31H2,(H,32,34). The molecule has 9 nitrogen and oxygen atoms in total. The average Bonchev–Trinajstić information content (AvgIpc) is 2.91. The zero-order chi connectivity index (χ0) is 29.6. The summed E-state index contributed by atoms with van der Waals surface area (Å²) >= 11 is 0. The van der Waals surface area contributed by atoms with E-state index in [4.69, 9.17) is 9.92 Å². The van der Waals surface area contributed by atoms with E-state index >= 15 is 0 Å². The monoisotopic (exact) mass is 609 g/mol. The number of carbonyl (C=O) groups excluding carboxylic acids is 1. The molecule has 0 aromatic heterocycles. The van der Waals surface area contributed by atoms with Crippen molar-refractivity contribution in [1.29, 1.82) is 0 Å². The van der Waals surface area contributed by atoms with E-state index in [2.05, 4.69) is 5.32 Å². The Hall–Kier alpha value is -3.62. The van der Waals surface area contributed by atoms with Gasteiger partial charge < -0.3 is 11.1 Å². The van der Waals surface area contributed by atoms with Gasteiger partial charge in [0.1, 0.15) is 6.54 Å². The molecule has 1 amide bonds. The van der Waals surface area contributed by atoms with Gasteiger partial charge in [-0.15, -0.1) is 0 Å². The fraction of sp³-hybridized carbons (Fsp3) is 0.296. The third kappa shape index (κ3) is 5.90. The molecule has 1 saturated carbocycles. The maximum atomic E-state index is 13.4. The lowest BCUT2D eigenvalue weighted by atomic mass is 9.93. The van der Waals surface area contributed by atoms with Crippen LogP contribution in [0.5, 0.6) is 0 Å². The van der Waals surface area contributed by atoms with Crippen LogP contribution in [0, 0.1) is 0 Å². The van der Waals surface area contributed by atoms with Crippen molar-refractivity contribution in [3.05, 3.63) is 72.3 Å². The number of nitrogens with two attached hydrogens (primary N) is 1. The molecule has 5 rings (SSSR count). The molecule has 2 aliphatic rings. The molecule has 0 bridgehead atoms. The van der Waals surface area contributed by atoms with Crippen LogP contribution in [0.3, 0.4) is 0 Å². The maximum absolute atomic E-state index is 13.4. The van der Waals surface area contributed by atoms with Gasteiger partial charge in [-0.25, -0.2) is 8.42 Å². The number of sulfonamides is 1. The second kappa shape index (κ2) is 10.7. The molecular weight excluding hydrogens is 583 g/mol. The Morgan fingerprint density at radius 2 is 1.63 bits per heavy atom. The van der Waals surface area contributed by atoms with Crippen LogP contribution in [-0.4, -0.2) is 41.4 Å². The fourth-order valence-electron chi connectivity index (χ4n) is 5.05. The van der Waals surface area contributed by atoms with E-state index in [0.29, 0.717) is 31.4 Å². The number of nitrogens with zero attached hydrogens (tertiary/aromatic N) is 1. The van der Waals surface area contributed by atoms with Crippen molar-refractivity contribution < 1.29 is 39.0 Å². The largest absolute Gasteiger partial charge is 0.416 e. The van der Waals surface area contributed by atoms with Gasteiger partial charge in [-0.1, -0.05) is 18.2 Å². The smallest absolute Gasteiger partial charge is 0.399 e. The second-order valence-electron chi connectivity index (χ2n) is 9.90. The van der Waals surface area contributed by atoms with Crippen LogP contribution in [0.15, 0.2) is 76.5 Å². The third-order valence-corrected chi connectivity index (χ3v) is 10.3. The molecule has 0 radical (unpaired) electrons. The Labute approximate surface area is 235 Å². The second-order valence-corrected chi connectivity index (χ2v) is 13.3. The van der Waals surface area contributed by atoms with E-state index in [0.717, 1.165) is 22.5 Å². The summed E-state index contributed by atoms with van der Waals surface area (Å²) in [4.78, 5) is 12.8. The number of anilines is 2. The number of halogens is 3. The molecule has 0 saturated heterocycles. The maximum Gasteiger partial charge on any atom is 0.416 e. The number of carbonyl (C=O) groups is 1. The minimum atomic E-state index is -4.64. The van der Waals surface area contributed by atoms with Crippen molar-refractivity contribution in [3.8, 4) is 11.1 Å². The topological polar surface area (TPSA) is 136 Å². The molecule has 1 fully saturated rings. The molecule has 1 aliphatic heterocycles. The Balaban J connectivity index is 1.27. The molecule has 41 heavy (non-hydrogen) atoms. The Kier molecular flexibility index (Phi) is 7.51. The zero-order valence-electron chi connectivity index (χ0n) is 21.5. The predicted molar refractivity (Wildman–Crippen MR) is 145 cm³/mol. The number of nitrogen functional groups attached to an aromatic ring is 1. The van der Waals surface area contributed by atoms with E-state index in [-0.39, 0.29) is 32.6 Å². The van der Waals surface area contributed by atoms with Gasteiger partial charge >= 0.3 is 6.18 Å². The first-order chi connectivity index (χ1) is 19.3. The van der Waals surface area contributed by atoms with Gasteiger partial charge in [0.2, 0.25) is 5.91 Å². The third-order valence-electron chi connectivity index (χ3n) is 7.10. The van der Waals surface area contributed by atoms with Crippen LogP contribution in [0.2, 0.25) is 0 Å². The van der Waals surface area contributed by atoms with Crippen LogP contribution < -0.4 is 15.4 Å². The first kappa shape index (κ1) is 28.9. The lowest BCUT2D eigenvalue weighted by Crippen LogP contribution is -2.46. The summed E-state index contributed by atoms with van der Waals surface area (Å²) in [6, 6.07) is 13.7. The Bertz CT molecular complexity index is 1690. The summed E-state index contributed by atoms with van der Waals surface area (Å²) < 4.78 is 98.5. The molecule has 1 aliphatic carbocycles. The molecule has 1 heterocycles. The van der Waals surface area contributed by atoms with Gasteiger partial charge in [-0.05, 0) is 74.2 Å². The molecule has 0 atom stereocenters. The highest BCUT2D eigenvalue weighted by atomic mass is 32.2. The number of amides is 1. The molecule has 0 spiro atoms. The number of hydrogen-bond acceptors (Lipinski definition) is 7. The quantitative estimate of drug-likeness (QED) is 0.314. The van der Waals surface area contributed by atoms with Crippen molar-refractivity contribution >= 4 is 37.4 Å². The number of hydrogen-bond donors (Lipinski definition) is 2. The van der Waals surface area contributed by atoms with Gasteiger partial charge in [-0.3, -0.25) is 13.3 Å². The van der Waals surface area contributed by atoms with Crippen molar-refractivity contribution in [3.63, 3.8) is 0 Å². The average molecular weight is 610 g/mol. The summed E-state index contributed by atoms with van der Waals surface area (Å²) in [7, 11) is -8.24. The van der Waals surface area contributed by atoms with E-state index < -0.39 is 50.4 Å². The van der Waals surface area contributed by atoms with Gasteiger partial charge in [0.15, 0.2) is 0 Å².